The first-order valence-electron chi connectivity index (χ1n) is 8.15. The van der Waals surface area contributed by atoms with Gasteiger partial charge in [-0.15, -0.1) is 0 Å². The minimum Gasteiger partial charge on any atom is -0.337 e. The van der Waals surface area contributed by atoms with Crippen molar-refractivity contribution in [1.29, 1.82) is 0 Å². The van der Waals surface area contributed by atoms with Gasteiger partial charge in [0.1, 0.15) is 5.82 Å². The molecule has 2 aliphatic rings. The number of hydrogen-bond acceptors (Lipinski definition) is 2. The average Bonchev–Trinajstić information content (AvgIpc) is 3.44. The molecule has 1 aromatic carbocycles. The Morgan fingerprint density at radius 3 is 2.91 bits per heavy atom. The van der Waals surface area contributed by atoms with Crippen LogP contribution >= 0.6 is 15.9 Å². The van der Waals surface area contributed by atoms with Gasteiger partial charge in [-0.1, -0.05) is 28.1 Å². The number of benzene rings is 1. The highest BCUT2D eigenvalue weighted by Gasteiger charge is 2.48. The number of aromatic nitrogens is 2. The molecule has 2 atom stereocenters. The van der Waals surface area contributed by atoms with E-state index in [1.54, 1.807) is 6.20 Å². The third-order valence-electron chi connectivity index (χ3n) is 4.89. The molecular weight excluding hydrogens is 354 g/mol. The predicted molar refractivity (Wildman–Crippen MR) is 91.8 cm³/mol. The fraction of sp³-hybridized carbons (Fsp3) is 0.444. The van der Waals surface area contributed by atoms with Gasteiger partial charge in [-0.3, -0.25) is 4.79 Å². The summed E-state index contributed by atoms with van der Waals surface area (Å²) >= 11 is 3.52. The Morgan fingerprint density at radius 2 is 2.26 bits per heavy atom. The fourth-order valence-corrected chi connectivity index (χ4v) is 3.68. The van der Waals surface area contributed by atoms with E-state index in [9.17, 15) is 4.79 Å². The van der Waals surface area contributed by atoms with Crippen molar-refractivity contribution in [3.05, 3.63) is 52.5 Å². The summed E-state index contributed by atoms with van der Waals surface area (Å²) < 4.78 is 3.08. The highest BCUT2D eigenvalue weighted by Crippen LogP contribution is 2.50. The Labute approximate surface area is 144 Å². The molecule has 5 heteroatoms. The zero-order chi connectivity index (χ0) is 16.0. The van der Waals surface area contributed by atoms with Crippen LogP contribution in [-0.4, -0.2) is 26.4 Å². The number of hydrogen-bond donors (Lipinski definition) is 0. The molecule has 4 nitrogen and oxygen atoms in total. The Morgan fingerprint density at radius 1 is 1.43 bits per heavy atom. The van der Waals surface area contributed by atoms with Gasteiger partial charge in [-0.2, -0.15) is 0 Å². The van der Waals surface area contributed by atoms with Crippen molar-refractivity contribution < 1.29 is 4.79 Å². The van der Waals surface area contributed by atoms with Crippen molar-refractivity contribution in [3.8, 4) is 0 Å². The maximum Gasteiger partial charge on any atom is 0.226 e. The van der Waals surface area contributed by atoms with Crippen LogP contribution in [0.1, 0.15) is 36.6 Å². The van der Waals surface area contributed by atoms with E-state index in [0.29, 0.717) is 24.4 Å². The summed E-state index contributed by atoms with van der Waals surface area (Å²) in [7, 11) is 1.99. The van der Waals surface area contributed by atoms with Crippen LogP contribution in [0.3, 0.4) is 0 Å². The van der Waals surface area contributed by atoms with Crippen molar-refractivity contribution in [1.82, 2.24) is 14.5 Å². The number of halogens is 1. The molecule has 23 heavy (non-hydrogen) atoms. The van der Waals surface area contributed by atoms with Gasteiger partial charge in [-0.25, -0.2) is 4.98 Å². The highest BCUT2D eigenvalue weighted by molar-refractivity contribution is 9.10. The first-order valence-corrected chi connectivity index (χ1v) is 8.95. The Hall–Kier alpha value is -1.62. The summed E-state index contributed by atoms with van der Waals surface area (Å²) in [4.78, 5) is 19.4. The summed E-state index contributed by atoms with van der Waals surface area (Å²) in [5.74, 6) is 1.79. The lowest BCUT2D eigenvalue weighted by Crippen LogP contribution is -2.35. The molecule has 2 aromatic rings. The number of carbonyl (C=O) groups is 1. The third-order valence-corrected chi connectivity index (χ3v) is 5.38. The largest absolute Gasteiger partial charge is 0.337 e. The fourth-order valence-electron chi connectivity index (χ4n) is 3.26. The monoisotopic (exact) mass is 373 g/mol. The molecule has 120 valence electrons. The molecule has 0 saturated heterocycles. The van der Waals surface area contributed by atoms with Gasteiger partial charge in [0.2, 0.25) is 5.91 Å². The minimum atomic E-state index is 0.144. The Bertz CT molecular complexity index is 737. The van der Waals surface area contributed by atoms with Gasteiger partial charge in [0.05, 0.1) is 6.54 Å². The summed E-state index contributed by atoms with van der Waals surface area (Å²) in [5.41, 5.74) is 1.27. The molecular formula is C18H20BrN3O. The van der Waals surface area contributed by atoms with Crippen LogP contribution < -0.4 is 0 Å². The molecule has 1 heterocycles. The van der Waals surface area contributed by atoms with Crippen molar-refractivity contribution in [2.75, 3.05) is 0 Å². The molecule has 0 unspecified atom stereocenters. The molecule has 0 N–H and O–H groups in total. The van der Waals surface area contributed by atoms with Crippen LogP contribution in [0.4, 0.5) is 0 Å². The minimum absolute atomic E-state index is 0.144. The number of imidazole rings is 1. The summed E-state index contributed by atoms with van der Waals surface area (Å²) in [6.07, 6.45) is 6.96. The van der Waals surface area contributed by atoms with Gasteiger partial charge >= 0.3 is 0 Å². The average molecular weight is 374 g/mol. The quantitative estimate of drug-likeness (QED) is 0.804. The molecule has 0 bridgehead atoms. The summed E-state index contributed by atoms with van der Waals surface area (Å²) in [5, 5.41) is 0. The number of nitrogens with zero attached hydrogens (tertiary/aromatic N) is 3. The molecule has 0 spiro atoms. The molecule has 2 aliphatic carbocycles. The van der Waals surface area contributed by atoms with Gasteiger partial charge in [-0.05, 0) is 42.9 Å². The van der Waals surface area contributed by atoms with E-state index in [-0.39, 0.29) is 5.92 Å². The number of aryl methyl sites for hydroxylation is 1. The summed E-state index contributed by atoms with van der Waals surface area (Å²) in [6, 6.07) is 8.76. The van der Waals surface area contributed by atoms with Crippen molar-refractivity contribution in [2.24, 2.45) is 13.0 Å². The van der Waals surface area contributed by atoms with Gasteiger partial charge < -0.3 is 9.47 Å². The molecule has 0 radical (unpaired) electrons. The number of carbonyl (C=O) groups excluding carboxylic acids is 1. The lowest BCUT2D eigenvalue weighted by molar-refractivity contribution is -0.134. The SMILES string of the molecule is Cn1ccnc1CN(C(=O)[C@@H]1C[C@H]1c1cccc(Br)c1)C1CC1. The van der Waals surface area contributed by atoms with Crippen LogP contribution in [-0.2, 0) is 18.4 Å². The van der Waals surface area contributed by atoms with Crippen LogP contribution in [0.5, 0.6) is 0 Å². The second kappa shape index (κ2) is 5.78. The first kappa shape index (κ1) is 14.9. The van der Waals surface area contributed by atoms with Crippen LogP contribution in [0, 0.1) is 5.92 Å². The second-order valence-electron chi connectivity index (χ2n) is 6.66. The van der Waals surface area contributed by atoms with E-state index in [1.165, 1.54) is 5.56 Å². The second-order valence-corrected chi connectivity index (χ2v) is 7.57. The summed E-state index contributed by atoms with van der Waals surface area (Å²) in [6.45, 7) is 0.634. The van der Waals surface area contributed by atoms with E-state index in [1.807, 2.05) is 29.9 Å². The smallest absolute Gasteiger partial charge is 0.226 e. The molecule has 2 saturated carbocycles. The lowest BCUT2D eigenvalue weighted by Gasteiger charge is -2.22. The van der Waals surface area contributed by atoms with Gasteiger partial charge in [0.15, 0.2) is 0 Å². The highest BCUT2D eigenvalue weighted by atomic mass is 79.9. The molecule has 1 aromatic heterocycles. The van der Waals surface area contributed by atoms with Crippen molar-refractivity contribution in [3.63, 3.8) is 0 Å². The number of amides is 1. The van der Waals surface area contributed by atoms with Crippen molar-refractivity contribution in [2.45, 2.75) is 37.8 Å². The van der Waals surface area contributed by atoms with Crippen molar-refractivity contribution >= 4 is 21.8 Å². The lowest BCUT2D eigenvalue weighted by atomic mass is 10.1. The van der Waals surface area contributed by atoms with Gasteiger partial charge in [0.25, 0.3) is 0 Å². The van der Waals surface area contributed by atoms with E-state index >= 15 is 0 Å². The predicted octanol–water partition coefficient (Wildman–Crippen LogP) is 3.48. The molecule has 0 aliphatic heterocycles. The standard InChI is InChI=1S/C18H20BrN3O/c1-21-8-7-20-17(21)11-22(14-5-6-14)18(23)16-10-15(16)12-3-2-4-13(19)9-12/h2-4,7-9,14-16H,5-6,10-11H2,1H3/t15-,16+/m0/s1. The normalized spacial score (nSPS) is 22.9. The zero-order valence-corrected chi connectivity index (χ0v) is 14.7. The third kappa shape index (κ3) is 3.07. The van der Waals surface area contributed by atoms with Crippen LogP contribution in [0.25, 0.3) is 0 Å². The Balaban J connectivity index is 1.48. The molecule has 2 fully saturated rings. The molecule has 4 rings (SSSR count). The first-order chi connectivity index (χ1) is 11.1. The maximum atomic E-state index is 13.0. The maximum absolute atomic E-state index is 13.0. The van der Waals surface area contributed by atoms with Crippen LogP contribution in [0.2, 0.25) is 0 Å². The topological polar surface area (TPSA) is 38.1 Å². The number of rotatable bonds is 5. The molecule has 1 amide bonds. The van der Waals surface area contributed by atoms with Gasteiger partial charge in [0, 0.05) is 35.9 Å². The zero-order valence-electron chi connectivity index (χ0n) is 13.2. The van der Waals surface area contributed by atoms with Crippen LogP contribution in [0.15, 0.2) is 41.1 Å². The van der Waals surface area contributed by atoms with E-state index < -0.39 is 0 Å². The Kier molecular flexibility index (Phi) is 3.76. The van der Waals surface area contributed by atoms with E-state index in [4.69, 9.17) is 0 Å². The van der Waals surface area contributed by atoms with E-state index in [0.717, 1.165) is 29.6 Å². The van der Waals surface area contributed by atoms with E-state index in [2.05, 4.69) is 37.9 Å².